The van der Waals surface area contributed by atoms with Crippen LogP contribution < -0.4 is 0 Å². The summed E-state index contributed by atoms with van der Waals surface area (Å²) in [5, 5.41) is 12.5. The van der Waals surface area contributed by atoms with Crippen molar-refractivity contribution in [2.24, 2.45) is 0 Å². The zero-order chi connectivity index (χ0) is 12.3. The zero-order valence-corrected chi connectivity index (χ0v) is 10.0. The third-order valence-corrected chi connectivity index (χ3v) is 3.12. The molecule has 0 aliphatic carbocycles. The van der Waals surface area contributed by atoms with E-state index in [4.69, 9.17) is 9.63 Å². The Morgan fingerprint density at radius 1 is 1.41 bits per heavy atom. The minimum atomic E-state index is -1.03. The molecule has 0 saturated heterocycles. The first-order valence-electron chi connectivity index (χ1n) is 5.13. The smallest absolute Gasteiger partial charge is 0.341 e. The Hall–Kier alpha value is -1.75. The molecule has 0 radical (unpaired) electrons. The van der Waals surface area contributed by atoms with Crippen molar-refractivity contribution in [1.82, 2.24) is 5.16 Å². The molecule has 17 heavy (non-hydrogen) atoms. The quantitative estimate of drug-likeness (QED) is 0.843. The summed E-state index contributed by atoms with van der Waals surface area (Å²) in [7, 11) is 0. The van der Waals surface area contributed by atoms with Crippen molar-refractivity contribution >= 4 is 17.7 Å². The second-order valence-electron chi connectivity index (χ2n) is 3.33. The van der Waals surface area contributed by atoms with E-state index in [1.807, 2.05) is 24.3 Å². The predicted molar refractivity (Wildman–Crippen MR) is 65.3 cm³/mol. The average molecular weight is 249 g/mol. The van der Waals surface area contributed by atoms with Gasteiger partial charge in [-0.1, -0.05) is 12.1 Å². The van der Waals surface area contributed by atoms with E-state index in [2.05, 4.69) is 12.1 Å². The molecule has 5 heteroatoms. The molecule has 4 nitrogen and oxygen atoms in total. The van der Waals surface area contributed by atoms with Gasteiger partial charge in [-0.3, -0.25) is 0 Å². The molecule has 88 valence electrons. The first-order valence-corrected chi connectivity index (χ1v) is 6.12. The lowest BCUT2D eigenvalue weighted by Crippen LogP contribution is -1.95. The zero-order valence-electron chi connectivity index (χ0n) is 9.21. The molecular formula is C12H11NO3S. The Balaban J connectivity index is 2.33. The molecule has 0 saturated carbocycles. The number of benzene rings is 1. The molecule has 0 aliphatic heterocycles. The minimum Gasteiger partial charge on any atom is -0.477 e. The average Bonchev–Trinajstić information content (AvgIpc) is 2.79. The van der Waals surface area contributed by atoms with Crippen LogP contribution >= 0.6 is 11.8 Å². The molecule has 0 unspecified atom stereocenters. The maximum atomic E-state index is 10.9. The van der Waals surface area contributed by atoms with Crippen molar-refractivity contribution in [3.8, 4) is 11.3 Å². The Labute approximate surface area is 103 Å². The number of hydrogen-bond donors (Lipinski definition) is 1. The summed E-state index contributed by atoms with van der Waals surface area (Å²) in [5.41, 5.74) is 0.807. The third-order valence-electron chi connectivity index (χ3n) is 2.23. The molecule has 1 aromatic heterocycles. The van der Waals surface area contributed by atoms with Crippen LogP contribution in [0.4, 0.5) is 0 Å². The van der Waals surface area contributed by atoms with Gasteiger partial charge >= 0.3 is 5.97 Å². The molecule has 0 atom stereocenters. The van der Waals surface area contributed by atoms with Crippen LogP contribution in [-0.2, 0) is 0 Å². The second-order valence-corrected chi connectivity index (χ2v) is 4.67. The summed E-state index contributed by atoms with van der Waals surface area (Å²) in [6.07, 6.45) is 1.21. The molecule has 0 bridgehead atoms. The SMILES string of the molecule is CCSc1ccc(-c2oncc2C(=O)O)cc1. The molecule has 1 N–H and O–H groups in total. The normalized spacial score (nSPS) is 10.4. The van der Waals surface area contributed by atoms with E-state index >= 15 is 0 Å². The predicted octanol–water partition coefficient (Wildman–Crippen LogP) is 3.15. The highest BCUT2D eigenvalue weighted by atomic mass is 32.2. The lowest BCUT2D eigenvalue weighted by Gasteiger charge is -2.00. The summed E-state index contributed by atoms with van der Waals surface area (Å²) in [4.78, 5) is 12.1. The third kappa shape index (κ3) is 2.50. The lowest BCUT2D eigenvalue weighted by atomic mass is 10.1. The van der Waals surface area contributed by atoms with Crippen LogP contribution in [0, 0.1) is 0 Å². The Bertz CT molecular complexity index is 519. The first kappa shape index (κ1) is 11.7. The number of aromatic carboxylic acids is 1. The lowest BCUT2D eigenvalue weighted by molar-refractivity contribution is 0.0697. The van der Waals surface area contributed by atoms with Gasteiger partial charge in [0.05, 0.1) is 6.20 Å². The van der Waals surface area contributed by atoms with Gasteiger partial charge in [0, 0.05) is 10.5 Å². The molecule has 1 heterocycles. The van der Waals surface area contributed by atoms with E-state index in [1.165, 1.54) is 6.20 Å². The molecular weight excluding hydrogens is 238 g/mol. The van der Waals surface area contributed by atoms with Crippen molar-refractivity contribution in [2.45, 2.75) is 11.8 Å². The maximum absolute atomic E-state index is 10.9. The number of carboxylic acid groups (broad SMARTS) is 1. The van der Waals surface area contributed by atoms with E-state index in [0.29, 0.717) is 5.76 Å². The Kier molecular flexibility index (Phi) is 3.49. The number of nitrogens with zero attached hydrogens (tertiary/aromatic N) is 1. The van der Waals surface area contributed by atoms with Gasteiger partial charge in [-0.25, -0.2) is 4.79 Å². The van der Waals surface area contributed by atoms with E-state index < -0.39 is 5.97 Å². The monoisotopic (exact) mass is 249 g/mol. The first-order chi connectivity index (χ1) is 8.22. The van der Waals surface area contributed by atoms with Crippen LogP contribution in [0.15, 0.2) is 39.9 Å². The summed E-state index contributed by atoms with van der Waals surface area (Å²) in [5.74, 6) is 0.265. The highest BCUT2D eigenvalue weighted by Gasteiger charge is 2.16. The van der Waals surface area contributed by atoms with Crippen molar-refractivity contribution in [3.05, 3.63) is 36.0 Å². The number of hydrogen-bond acceptors (Lipinski definition) is 4. The van der Waals surface area contributed by atoms with Crippen molar-refractivity contribution in [3.63, 3.8) is 0 Å². The number of carbonyl (C=O) groups is 1. The number of aromatic nitrogens is 1. The van der Waals surface area contributed by atoms with Crippen molar-refractivity contribution in [2.75, 3.05) is 5.75 Å². The van der Waals surface area contributed by atoms with Gasteiger partial charge in [-0.15, -0.1) is 11.8 Å². The Morgan fingerprint density at radius 2 is 2.12 bits per heavy atom. The fourth-order valence-corrected chi connectivity index (χ4v) is 2.13. The second kappa shape index (κ2) is 5.05. The minimum absolute atomic E-state index is 0.0842. The maximum Gasteiger partial charge on any atom is 0.341 e. The largest absolute Gasteiger partial charge is 0.477 e. The van der Waals surface area contributed by atoms with Gasteiger partial charge in [-0.2, -0.15) is 0 Å². The van der Waals surface area contributed by atoms with Crippen LogP contribution in [0.2, 0.25) is 0 Å². The van der Waals surface area contributed by atoms with Crippen LogP contribution in [0.25, 0.3) is 11.3 Å². The fraction of sp³-hybridized carbons (Fsp3) is 0.167. The summed E-state index contributed by atoms with van der Waals surface area (Å²) in [6.45, 7) is 2.08. The highest BCUT2D eigenvalue weighted by Crippen LogP contribution is 2.26. The van der Waals surface area contributed by atoms with E-state index in [1.54, 1.807) is 11.8 Å². The molecule has 2 rings (SSSR count). The van der Waals surface area contributed by atoms with E-state index in [9.17, 15) is 4.79 Å². The van der Waals surface area contributed by atoms with Gasteiger partial charge < -0.3 is 9.63 Å². The van der Waals surface area contributed by atoms with Crippen LogP contribution in [0.5, 0.6) is 0 Å². The van der Waals surface area contributed by atoms with Crippen LogP contribution in [0.1, 0.15) is 17.3 Å². The number of rotatable bonds is 4. The molecule has 0 amide bonds. The van der Waals surface area contributed by atoms with Crippen LogP contribution in [0.3, 0.4) is 0 Å². The Morgan fingerprint density at radius 3 is 2.71 bits per heavy atom. The highest BCUT2D eigenvalue weighted by molar-refractivity contribution is 7.99. The molecule has 1 aromatic carbocycles. The number of thioether (sulfide) groups is 1. The standard InChI is InChI=1S/C12H11NO3S/c1-2-17-9-5-3-8(4-6-9)11-10(12(14)15)7-13-16-11/h3-7H,2H2,1H3,(H,14,15). The van der Waals surface area contributed by atoms with E-state index in [0.717, 1.165) is 16.2 Å². The number of carboxylic acids is 1. The van der Waals surface area contributed by atoms with E-state index in [-0.39, 0.29) is 5.56 Å². The van der Waals surface area contributed by atoms with Gasteiger partial charge in [0.25, 0.3) is 0 Å². The molecule has 0 spiro atoms. The van der Waals surface area contributed by atoms with Crippen molar-refractivity contribution < 1.29 is 14.4 Å². The molecule has 2 aromatic rings. The fourth-order valence-electron chi connectivity index (χ4n) is 1.47. The molecule has 0 fully saturated rings. The summed E-state index contributed by atoms with van der Waals surface area (Å²) >= 11 is 1.73. The van der Waals surface area contributed by atoms with Gasteiger partial charge in [0.15, 0.2) is 5.76 Å². The van der Waals surface area contributed by atoms with Gasteiger partial charge in [0.1, 0.15) is 5.56 Å². The topological polar surface area (TPSA) is 63.3 Å². The van der Waals surface area contributed by atoms with Gasteiger partial charge in [-0.05, 0) is 30.0 Å². The summed E-state index contributed by atoms with van der Waals surface area (Å²) in [6, 6.07) is 7.56. The summed E-state index contributed by atoms with van der Waals surface area (Å²) < 4.78 is 4.97. The molecule has 0 aliphatic rings. The van der Waals surface area contributed by atoms with Crippen molar-refractivity contribution in [1.29, 1.82) is 0 Å². The van der Waals surface area contributed by atoms with Gasteiger partial charge in [0.2, 0.25) is 0 Å². The van der Waals surface area contributed by atoms with Crippen LogP contribution in [-0.4, -0.2) is 22.0 Å².